The summed E-state index contributed by atoms with van der Waals surface area (Å²) >= 11 is 0. The summed E-state index contributed by atoms with van der Waals surface area (Å²) in [5.41, 5.74) is 3.17. The first-order valence-electron chi connectivity index (χ1n) is 12.3. The smallest absolute Gasteiger partial charge is 0.309 e. The van der Waals surface area contributed by atoms with Gasteiger partial charge in [-0.2, -0.15) is 4.98 Å². The summed E-state index contributed by atoms with van der Waals surface area (Å²) in [5, 5.41) is 6.31. The molecule has 3 heterocycles. The van der Waals surface area contributed by atoms with Crippen LogP contribution in [0.3, 0.4) is 0 Å². The number of methoxy groups -OCH3 is 1. The lowest BCUT2D eigenvalue weighted by Gasteiger charge is -2.23. The highest BCUT2D eigenvalue weighted by Gasteiger charge is 2.32. The van der Waals surface area contributed by atoms with Crippen LogP contribution in [0.1, 0.15) is 24.1 Å². The molecule has 1 saturated heterocycles. The molecule has 1 aromatic heterocycles. The first-order valence-corrected chi connectivity index (χ1v) is 13.6. The number of fused-ring (bicyclic) bond motifs is 1. The zero-order valence-electron chi connectivity index (χ0n) is 20.6. The van der Waals surface area contributed by atoms with Crippen LogP contribution in [-0.4, -0.2) is 52.0 Å². The molecule has 0 saturated carbocycles. The second kappa shape index (κ2) is 11.1. The minimum Gasteiger partial charge on any atom is -0.469 e. The molecule has 0 bridgehead atoms. The summed E-state index contributed by atoms with van der Waals surface area (Å²) < 4.78 is 17.7. The van der Waals surface area contributed by atoms with Gasteiger partial charge in [0.15, 0.2) is 5.82 Å². The van der Waals surface area contributed by atoms with Crippen molar-refractivity contribution in [2.45, 2.75) is 30.6 Å². The van der Waals surface area contributed by atoms with E-state index in [1.807, 2.05) is 59.5 Å². The Morgan fingerprint density at radius 1 is 1.08 bits per heavy atom. The molecule has 10 heteroatoms. The molecule has 0 radical (unpaired) electrons. The summed E-state index contributed by atoms with van der Waals surface area (Å²) in [7, 11) is 0.176. The summed E-state index contributed by atoms with van der Waals surface area (Å²) in [6, 6.07) is 16.9. The van der Waals surface area contributed by atoms with Gasteiger partial charge in [-0.3, -0.25) is 13.8 Å². The zero-order chi connectivity index (χ0) is 25.8. The highest BCUT2D eigenvalue weighted by Crippen LogP contribution is 2.32. The maximum absolute atomic E-state index is 12.9. The van der Waals surface area contributed by atoms with Gasteiger partial charge in [0.1, 0.15) is 4.90 Å². The van der Waals surface area contributed by atoms with Gasteiger partial charge in [0.05, 0.1) is 35.9 Å². The van der Waals surface area contributed by atoms with E-state index in [-0.39, 0.29) is 24.2 Å². The van der Waals surface area contributed by atoms with Crippen molar-refractivity contribution in [3.05, 3.63) is 65.9 Å². The van der Waals surface area contributed by atoms with E-state index in [2.05, 4.69) is 10.6 Å². The average Bonchev–Trinajstić information content (AvgIpc) is 3.41. The Balaban J connectivity index is 1.35. The van der Waals surface area contributed by atoms with E-state index >= 15 is 0 Å². The molecule has 0 aliphatic carbocycles. The summed E-state index contributed by atoms with van der Waals surface area (Å²) in [5.74, 6) is 1.15. The van der Waals surface area contributed by atoms with Crippen molar-refractivity contribution in [2.75, 3.05) is 41.5 Å². The lowest BCUT2D eigenvalue weighted by atomic mass is 10.1. The summed E-state index contributed by atoms with van der Waals surface area (Å²) in [6.45, 7) is 1.18. The van der Waals surface area contributed by atoms with E-state index in [0.29, 0.717) is 41.9 Å². The minimum absolute atomic E-state index is 0.0156. The molecule has 5 rings (SSSR count). The monoisotopic (exact) mass is 519 g/mol. The average molecular weight is 520 g/mol. The molecular formula is C27H29N5O4S. The van der Waals surface area contributed by atoms with Gasteiger partial charge in [-0.05, 0) is 49.1 Å². The van der Waals surface area contributed by atoms with Gasteiger partial charge >= 0.3 is 5.97 Å². The number of aryl methyl sites for hydroxylation is 1. The lowest BCUT2D eigenvalue weighted by molar-refractivity contribution is -0.139. The number of hydrogen-bond donors (Lipinski definition) is 2. The third-order valence-corrected chi connectivity index (χ3v) is 8.11. The molecule has 2 aliphatic rings. The number of amides is 1. The van der Waals surface area contributed by atoms with E-state index in [4.69, 9.17) is 14.7 Å². The molecule has 0 unspecified atom stereocenters. The van der Waals surface area contributed by atoms with Crippen molar-refractivity contribution in [3.8, 4) is 0 Å². The van der Waals surface area contributed by atoms with Crippen LogP contribution in [0.4, 0.5) is 23.1 Å². The van der Waals surface area contributed by atoms with Crippen LogP contribution in [0.15, 0.2) is 59.5 Å². The van der Waals surface area contributed by atoms with Crippen molar-refractivity contribution in [1.82, 2.24) is 9.97 Å². The number of anilines is 4. The molecular weight excluding hydrogens is 490 g/mol. The molecule has 2 N–H and O–H groups in total. The van der Waals surface area contributed by atoms with Crippen LogP contribution in [0.2, 0.25) is 0 Å². The fourth-order valence-corrected chi connectivity index (χ4v) is 5.93. The Bertz CT molecular complexity index is 1320. The summed E-state index contributed by atoms with van der Waals surface area (Å²) in [4.78, 5) is 36.6. The van der Waals surface area contributed by atoms with Crippen molar-refractivity contribution < 1.29 is 18.5 Å². The number of esters is 1. The standard InChI is InChI=1S/C27H29N5O4S/c1-36-23(33)16-18-9-11-21(12-10-18)28-25-24-22(8-5-15-37(24)35)30-27(31-25)32-14-13-19(17-32)26(34)29-20-6-3-2-4-7-20/h2-4,6-7,9-12,19H,5,8,13-17H2,1H3,(H,29,34)(H,28,30,31)/t19-,37+/m0/s1. The van der Waals surface area contributed by atoms with E-state index in [1.54, 1.807) is 0 Å². The molecule has 9 nitrogen and oxygen atoms in total. The number of carbonyl (C=O) groups excluding carboxylic acids is 2. The van der Waals surface area contributed by atoms with Crippen LogP contribution in [0.25, 0.3) is 0 Å². The maximum atomic E-state index is 12.9. The molecule has 37 heavy (non-hydrogen) atoms. The Labute approximate surface area is 218 Å². The van der Waals surface area contributed by atoms with Gasteiger partial charge in [-0.1, -0.05) is 30.3 Å². The Morgan fingerprint density at radius 2 is 1.86 bits per heavy atom. The number of aromatic nitrogens is 2. The van der Waals surface area contributed by atoms with Crippen molar-refractivity contribution in [1.29, 1.82) is 0 Å². The number of ether oxygens (including phenoxy) is 1. The number of nitrogens with zero attached hydrogens (tertiary/aromatic N) is 3. The third kappa shape index (κ3) is 5.80. The van der Waals surface area contributed by atoms with Crippen LogP contribution < -0.4 is 15.5 Å². The molecule has 1 fully saturated rings. The Hall–Kier alpha value is -3.79. The predicted molar refractivity (Wildman–Crippen MR) is 142 cm³/mol. The fourth-order valence-electron chi connectivity index (χ4n) is 4.59. The van der Waals surface area contributed by atoms with E-state index in [9.17, 15) is 13.8 Å². The Morgan fingerprint density at radius 3 is 2.62 bits per heavy atom. The zero-order valence-corrected chi connectivity index (χ0v) is 21.4. The van der Waals surface area contributed by atoms with Gasteiger partial charge in [0.25, 0.3) is 0 Å². The van der Waals surface area contributed by atoms with Crippen molar-refractivity contribution in [2.24, 2.45) is 5.92 Å². The van der Waals surface area contributed by atoms with Crippen molar-refractivity contribution in [3.63, 3.8) is 0 Å². The molecule has 2 atom stereocenters. The maximum Gasteiger partial charge on any atom is 0.309 e. The highest BCUT2D eigenvalue weighted by atomic mass is 32.2. The van der Waals surface area contributed by atoms with Gasteiger partial charge < -0.3 is 20.3 Å². The van der Waals surface area contributed by atoms with Crippen LogP contribution in [-0.2, 0) is 38.0 Å². The van der Waals surface area contributed by atoms with Gasteiger partial charge in [-0.15, -0.1) is 0 Å². The van der Waals surface area contributed by atoms with E-state index in [0.717, 1.165) is 35.5 Å². The van der Waals surface area contributed by atoms with E-state index in [1.165, 1.54) is 7.11 Å². The molecule has 2 aliphatic heterocycles. The van der Waals surface area contributed by atoms with Crippen LogP contribution in [0, 0.1) is 5.92 Å². The van der Waals surface area contributed by atoms with Gasteiger partial charge in [0.2, 0.25) is 11.9 Å². The first-order chi connectivity index (χ1) is 18.0. The molecule has 192 valence electrons. The highest BCUT2D eigenvalue weighted by molar-refractivity contribution is 7.85. The quantitative estimate of drug-likeness (QED) is 0.457. The number of carbonyl (C=O) groups is 2. The van der Waals surface area contributed by atoms with Gasteiger partial charge in [0, 0.05) is 30.2 Å². The fraction of sp³-hybridized carbons (Fsp3) is 0.333. The second-order valence-corrected chi connectivity index (χ2v) is 10.7. The minimum atomic E-state index is -1.19. The predicted octanol–water partition coefficient (Wildman–Crippen LogP) is 3.45. The topological polar surface area (TPSA) is 114 Å². The van der Waals surface area contributed by atoms with Crippen LogP contribution >= 0.6 is 0 Å². The SMILES string of the molecule is COC(=O)Cc1ccc(Nc2nc(N3CC[C@H](C(=O)Nc4ccccc4)C3)nc3c2[S@](=O)CCC3)cc1. The second-order valence-electron chi connectivity index (χ2n) is 9.16. The van der Waals surface area contributed by atoms with Crippen LogP contribution in [0.5, 0.6) is 0 Å². The largest absolute Gasteiger partial charge is 0.469 e. The normalized spacial score (nSPS) is 18.7. The Kier molecular flexibility index (Phi) is 7.45. The van der Waals surface area contributed by atoms with E-state index < -0.39 is 10.8 Å². The van der Waals surface area contributed by atoms with Gasteiger partial charge in [-0.25, -0.2) is 4.98 Å². The van der Waals surface area contributed by atoms with Crippen molar-refractivity contribution >= 4 is 45.8 Å². The number of hydrogen-bond acceptors (Lipinski definition) is 8. The number of para-hydroxylation sites is 1. The number of benzene rings is 2. The molecule has 2 aromatic carbocycles. The summed E-state index contributed by atoms with van der Waals surface area (Å²) in [6.07, 6.45) is 2.44. The molecule has 0 spiro atoms. The lowest BCUT2D eigenvalue weighted by Crippen LogP contribution is -2.29. The number of nitrogens with one attached hydrogen (secondary N) is 2. The number of rotatable bonds is 7. The first kappa shape index (κ1) is 24.9. The molecule has 1 amide bonds. The third-order valence-electron chi connectivity index (χ3n) is 6.57. The molecule has 3 aromatic rings.